The molecule has 1 saturated heterocycles. The summed E-state index contributed by atoms with van der Waals surface area (Å²) in [6.45, 7) is 0.667. The van der Waals surface area contributed by atoms with E-state index in [4.69, 9.17) is 21.9 Å². The fourth-order valence-electron chi connectivity index (χ4n) is 8.07. The van der Waals surface area contributed by atoms with Crippen molar-refractivity contribution in [3.8, 4) is 22.9 Å². The van der Waals surface area contributed by atoms with Crippen LogP contribution in [0.25, 0.3) is 16.9 Å². The molecule has 3 aliphatic carbocycles. The number of rotatable bonds is 6. The number of carbonyl (C=O) groups is 4. The van der Waals surface area contributed by atoms with E-state index >= 15 is 0 Å². The molecule has 0 spiro atoms. The van der Waals surface area contributed by atoms with Gasteiger partial charge in [-0.05, 0) is 74.7 Å². The van der Waals surface area contributed by atoms with Gasteiger partial charge >= 0.3 is 0 Å². The Kier molecular flexibility index (Phi) is 7.91. The topological polar surface area (TPSA) is 255 Å². The van der Waals surface area contributed by atoms with Crippen molar-refractivity contribution in [1.82, 2.24) is 10.2 Å². The Bertz CT molecular complexity index is 1950. The lowest BCUT2D eigenvalue weighted by atomic mass is 9.47. The molecule has 14 nitrogen and oxygen atoms in total. The second-order valence-electron chi connectivity index (χ2n) is 13.3. The summed E-state index contributed by atoms with van der Waals surface area (Å²) >= 11 is 0. The zero-order valence-electron chi connectivity index (χ0n) is 26.7. The van der Waals surface area contributed by atoms with E-state index in [0.717, 1.165) is 6.42 Å². The number of nitriles is 1. The quantitative estimate of drug-likeness (QED) is 0.208. The number of ketones is 2. The first-order chi connectivity index (χ1) is 23.0. The van der Waals surface area contributed by atoms with Crippen LogP contribution < -0.4 is 22.5 Å². The van der Waals surface area contributed by atoms with Crippen molar-refractivity contribution in [2.45, 2.75) is 48.9 Å². The van der Waals surface area contributed by atoms with E-state index < -0.39 is 86.6 Å². The highest BCUT2D eigenvalue weighted by atomic mass is 19.1. The van der Waals surface area contributed by atoms with Gasteiger partial charge in [-0.1, -0.05) is 12.1 Å². The number of phenolic OH excluding ortho intramolecular Hbond substituents is 1. The van der Waals surface area contributed by atoms with Gasteiger partial charge in [-0.2, -0.15) is 5.26 Å². The minimum atomic E-state index is -2.84. The van der Waals surface area contributed by atoms with Gasteiger partial charge in [0.2, 0.25) is 0 Å². The highest BCUT2D eigenvalue weighted by Crippen LogP contribution is 2.59. The van der Waals surface area contributed by atoms with E-state index in [0.29, 0.717) is 18.6 Å². The van der Waals surface area contributed by atoms with Gasteiger partial charge in [-0.3, -0.25) is 24.1 Å². The van der Waals surface area contributed by atoms with Crippen molar-refractivity contribution in [3.05, 3.63) is 69.7 Å². The second kappa shape index (κ2) is 11.5. The number of halogens is 1. The van der Waals surface area contributed by atoms with Crippen molar-refractivity contribution in [3.63, 3.8) is 0 Å². The van der Waals surface area contributed by atoms with Crippen LogP contribution in [0.5, 0.6) is 5.75 Å². The number of aliphatic hydroxyl groups is 2. The number of amides is 2. The highest BCUT2D eigenvalue weighted by molar-refractivity contribution is 6.25. The number of nitrogens with zero attached hydrogens (tertiary/aromatic N) is 2. The highest BCUT2D eigenvalue weighted by Gasteiger charge is 2.74. The summed E-state index contributed by atoms with van der Waals surface area (Å²) in [7, 11) is 2.84. The molecule has 0 bridgehead atoms. The number of nitrogens with two attached hydrogens (primary N) is 3. The number of nitrogens with one attached hydrogen (secondary N) is 1. The summed E-state index contributed by atoms with van der Waals surface area (Å²) in [5.74, 6) is -7.95. The lowest BCUT2D eigenvalue weighted by Crippen LogP contribution is -2.80. The van der Waals surface area contributed by atoms with Gasteiger partial charge in [0.25, 0.3) is 11.8 Å². The summed E-state index contributed by atoms with van der Waals surface area (Å²) in [6.07, 6.45) is 0.377. The molecule has 0 radical (unpaired) electrons. The van der Waals surface area contributed by atoms with E-state index in [1.165, 1.54) is 49.3 Å². The third kappa shape index (κ3) is 4.66. The summed E-state index contributed by atoms with van der Waals surface area (Å²) in [6, 6.07) is 6.71. The number of benzene rings is 2. The van der Waals surface area contributed by atoms with Crippen LogP contribution in [0.2, 0.25) is 0 Å². The molecule has 1 saturated carbocycles. The molecule has 1 heterocycles. The molecule has 2 aromatic carbocycles. The molecule has 256 valence electrons. The van der Waals surface area contributed by atoms with E-state index in [1.807, 2.05) is 0 Å². The minimum Gasteiger partial charge on any atom is -0.509 e. The number of fused-ring (bicyclic) bond motifs is 3. The number of aromatic hydroxyl groups is 1. The summed E-state index contributed by atoms with van der Waals surface area (Å²) in [5.41, 5.74) is 10.8. The maximum absolute atomic E-state index is 14.7. The number of phenols is 1. The van der Waals surface area contributed by atoms with Gasteiger partial charge in [-0.15, -0.1) is 0 Å². The van der Waals surface area contributed by atoms with Gasteiger partial charge in [0, 0.05) is 13.2 Å². The summed E-state index contributed by atoms with van der Waals surface area (Å²) in [4.78, 5) is 55.6. The molecule has 49 heavy (non-hydrogen) atoms. The zero-order chi connectivity index (χ0) is 35.8. The van der Waals surface area contributed by atoms with Crippen LogP contribution in [0.4, 0.5) is 4.39 Å². The summed E-state index contributed by atoms with van der Waals surface area (Å²) in [5, 5.41) is 48.3. The Hall–Kier alpha value is -5.14. The molecule has 2 fully saturated rings. The normalized spacial score (nSPS) is 29.3. The van der Waals surface area contributed by atoms with Gasteiger partial charge < -0.3 is 42.6 Å². The van der Waals surface area contributed by atoms with E-state index in [9.17, 15) is 44.2 Å². The minimum absolute atomic E-state index is 0.127. The molecule has 1 unspecified atom stereocenters. The fraction of sp³-hybridized carbons (Fsp3) is 0.382. The third-order valence-corrected chi connectivity index (χ3v) is 10.2. The monoisotopic (exact) mass is 674 g/mol. The van der Waals surface area contributed by atoms with Crippen molar-refractivity contribution in [2.24, 2.45) is 22.6 Å². The maximum atomic E-state index is 14.7. The lowest BCUT2D eigenvalue weighted by molar-refractivity contribution is -0.139. The lowest BCUT2D eigenvalue weighted by Gasteiger charge is -2.58. The SMILES string of the molecule is CN(C)[C@@H]1C(=O)C(C(N)=O)=C(O)[C@@]2(C#N)C(=O)C3=C(O)c4c(O)c(C(=O)NCC5CCCO5)cc(-c5ccc(F)cc5)c4C[C@@]3(N)C[C@@]12N. The van der Waals surface area contributed by atoms with E-state index in [1.54, 1.807) is 6.07 Å². The number of ether oxygens (including phenoxy) is 1. The number of aliphatic hydroxyl groups excluding tert-OH is 2. The molecule has 6 rings (SSSR count). The van der Waals surface area contributed by atoms with Gasteiger partial charge in [0.1, 0.15) is 28.7 Å². The predicted octanol–water partition coefficient (Wildman–Crippen LogP) is 0.620. The first-order valence-corrected chi connectivity index (χ1v) is 15.5. The fourth-order valence-corrected chi connectivity index (χ4v) is 8.07. The third-order valence-electron chi connectivity index (χ3n) is 10.2. The molecule has 2 aromatic rings. The van der Waals surface area contributed by atoms with E-state index in [2.05, 4.69) is 5.32 Å². The standard InChI is InChI=1S/C34H35FN6O8/c1-41(2)27-26(44)22(30(37)47)28(45)33(14-36)29(46)23-25(43)21-20(11-32(23,38)13-34(27,33)39)18(15-5-7-16(35)8-6-15)10-19(24(21)42)31(48)40-12-17-4-3-9-49-17/h5-8,10,17,27,42-43,45H,3-4,9,11-13,38-39H2,1-2H3,(H2,37,47)(H,40,48)/t17?,27-,32-,33+,34-/m1/s1. The van der Waals surface area contributed by atoms with Crippen molar-refractivity contribution >= 4 is 29.1 Å². The van der Waals surface area contributed by atoms with Crippen LogP contribution in [-0.2, 0) is 25.5 Å². The smallest absolute Gasteiger partial charge is 0.255 e. The molecule has 2 amide bonds. The summed E-state index contributed by atoms with van der Waals surface area (Å²) < 4.78 is 19.6. The molecule has 0 aromatic heterocycles. The van der Waals surface area contributed by atoms with Gasteiger partial charge in [-0.25, -0.2) is 4.39 Å². The average Bonchev–Trinajstić information content (AvgIpc) is 3.53. The molecule has 10 N–H and O–H groups in total. The number of Topliss-reactive ketones (excluding diaryl/α,β-unsaturated/α-hetero) is 2. The van der Waals surface area contributed by atoms with Crippen LogP contribution in [0.1, 0.15) is 40.7 Å². The average molecular weight is 675 g/mol. The van der Waals surface area contributed by atoms with Gasteiger partial charge in [0.05, 0.1) is 46.0 Å². The Balaban J connectivity index is 1.62. The Morgan fingerprint density at radius 3 is 2.41 bits per heavy atom. The Labute approximate surface area is 279 Å². The number of hydrogen-bond acceptors (Lipinski definition) is 12. The number of hydrogen-bond donors (Lipinski definition) is 7. The number of likely N-dealkylation sites (N-methyl/N-ethyl adjacent to an activating group) is 1. The molecule has 4 aliphatic rings. The molecular formula is C34H35FN6O8. The van der Waals surface area contributed by atoms with E-state index in [-0.39, 0.29) is 41.3 Å². The van der Waals surface area contributed by atoms with Crippen molar-refractivity contribution < 1.29 is 43.6 Å². The van der Waals surface area contributed by atoms with Crippen LogP contribution in [-0.4, -0.2) is 94.1 Å². The molecule has 1 aliphatic heterocycles. The van der Waals surface area contributed by atoms with Crippen molar-refractivity contribution in [2.75, 3.05) is 27.2 Å². The first kappa shape index (κ1) is 33.7. The van der Waals surface area contributed by atoms with Crippen LogP contribution in [0.15, 0.2) is 47.2 Å². The van der Waals surface area contributed by atoms with Crippen LogP contribution in [0, 0.1) is 22.6 Å². The molecule has 15 heteroatoms. The molecular weight excluding hydrogens is 639 g/mol. The van der Waals surface area contributed by atoms with Gasteiger partial charge in [0.15, 0.2) is 17.0 Å². The number of carbonyl (C=O) groups excluding carboxylic acids is 4. The van der Waals surface area contributed by atoms with Crippen LogP contribution >= 0.6 is 0 Å². The zero-order valence-corrected chi connectivity index (χ0v) is 26.7. The Morgan fingerprint density at radius 1 is 1.16 bits per heavy atom. The van der Waals surface area contributed by atoms with Crippen molar-refractivity contribution in [1.29, 1.82) is 5.26 Å². The first-order valence-electron chi connectivity index (χ1n) is 15.5. The van der Waals surface area contributed by atoms with Crippen LogP contribution in [0.3, 0.4) is 0 Å². The number of primary amides is 1. The second-order valence-corrected chi connectivity index (χ2v) is 13.3. The predicted molar refractivity (Wildman–Crippen MR) is 171 cm³/mol. The molecule has 5 atom stereocenters. The largest absolute Gasteiger partial charge is 0.509 e. The Morgan fingerprint density at radius 2 is 1.84 bits per heavy atom. The maximum Gasteiger partial charge on any atom is 0.255 e.